The first-order valence-electron chi connectivity index (χ1n) is 7.93. The molecule has 2 aliphatic heterocycles. The summed E-state index contributed by atoms with van der Waals surface area (Å²) in [5.74, 6) is -0.1000. The highest BCUT2D eigenvalue weighted by atomic mass is 32.2. The fourth-order valence-electron chi connectivity index (χ4n) is 3.27. The lowest BCUT2D eigenvalue weighted by Crippen LogP contribution is -2.48. The van der Waals surface area contributed by atoms with Gasteiger partial charge in [-0.15, -0.1) is 0 Å². The summed E-state index contributed by atoms with van der Waals surface area (Å²) in [6.45, 7) is 0.422. The molecule has 0 radical (unpaired) electrons. The number of carbonyl (C=O) groups is 1. The van der Waals surface area contributed by atoms with E-state index < -0.39 is 16.9 Å². The number of hydrogen-bond acceptors (Lipinski definition) is 7. The molecule has 1 N–H and O–H groups in total. The van der Waals surface area contributed by atoms with E-state index in [4.69, 9.17) is 0 Å². The van der Waals surface area contributed by atoms with Gasteiger partial charge in [-0.25, -0.2) is 4.99 Å². The van der Waals surface area contributed by atoms with Crippen molar-refractivity contribution in [1.29, 1.82) is 0 Å². The predicted molar refractivity (Wildman–Crippen MR) is 96.3 cm³/mol. The van der Waals surface area contributed by atoms with Crippen LogP contribution in [0.3, 0.4) is 0 Å². The molecule has 2 atom stereocenters. The topological polar surface area (TPSA) is 109 Å². The van der Waals surface area contributed by atoms with E-state index in [0.717, 1.165) is 4.31 Å². The molecule has 0 bridgehead atoms. The Bertz CT molecular complexity index is 946. The molecule has 134 valence electrons. The molecule has 1 fully saturated rings. The van der Waals surface area contributed by atoms with Gasteiger partial charge in [-0.05, 0) is 30.3 Å². The van der Waals surface area contributed by atoms with E-state index in [2.05, 4.69) is 9.98 Å². The van der Waals surface area contributed by atoms with Gasteiger partial charge >= 0.3 is 0 Å². The van der Waals surface area contributed by atoms with Crippen LogP contribution in [0.4, 0.5) is 17.1 Å². The number of rotatable bonds is 3. The summed E-state index contributed by atoms with van der Waals surface area (Å²) in [6.07, 6.45) is 3.24. The Morgan fingerprint density at radius 3 is 2.73 bits per heavy atom. The van der Waals surface area contributed by atoms with Crippen molar-refractivity contribution in [2.75, 3.05) is 22.8 Å². The molecule has 0 spiro atoms. The lowest BCUT2D eigenvalue weighted by Gasteiger charge is -2.29. The summed E-state index contributed by atoms with van der Waals surface area (Å²) in [5, 5.41) is 10.9. The number of amidine groups is 1. The van der Waals surface area contributed by atoms with Crippen molar-refractivity contribution in [1.82, 2.24) is 4.98 Å². The molecule has 2 aromatic rings. The van der Waals surface area contributed by atoms with Crippen molar-refractivity contribution in [2.45, 2.75) is 12.0 Å². The maximum Gasteiger partial charge on any atom is 0.204 e. The molecular formula is C17H15N4O4S-. The van der Waals surface area contributed by atoms with Crippen molar-refractivity contribution in [2.24, 2.45) is 4.99 Å². The number of carbonyl (C=O) groups excluding carboxylic acids is 1. The molecule has 8 nitrogen and oxygen atoms in total. The average Bonchev–Trinajstić information content (AvgIpc) is 2.99. The molecule has 2 aliphatic rings. The van der Waals surface area contributed by atoms with Crippen LogP contribution in [-0.4, -0.2) is 49.7 Å². The molecule has 26 heavy (non-hydrogen) atoms. The number of pyridine rings is 1. The fraction of sp³-hybridized carbons (Fsp3) is 0.235. The smallest absolute Gasteiger partial charge is 0.204 e. The molecule has 1 aromatic heterocycles. The van der Waals surface area contributed by atoms with E-state index in [1.54, 1.807) is 35.2 Å². The Hall–Kier alpha value is -2.62. The lowest BCUT2D eigenvalue weighted by molar-refractivity contribution is 0.0602. The van der Waals surface area contributed by atoms with E-state index in [1.165, 1.54) is 19.4 Å². The summed E-state index contributed by atoms with van der Waals surface area (Å²) in [7, 11) is 1.44. The quantitative estimate of drug-likeness (QED) is 0.812. The van der Waals surface area contributed by atoms with Gasteiger partial charge in [0.1, 0.15) is 5.84 Å². The number of aliphatic hydroxyl groups is 1. The van der Waals surface area contributed by atoms with Gasteiger partial charge in [0.15, 0.2) is 5.60 Å². The first-order valence-corrected chi connectivity index (χ1v) is 8.96. The Balaban J connectivity index is 1.73. The second kappa shape index (κ2) is 5.97. The minimum Gasteiger partial charge on any atom is -0.755 e. The summed E-state index contributed by atoms with van der Waals surface area (Å²) in [5.41, 5.74) is 0.368. The predicted octanol–water partition coefficient (Wildman–Crippen LogP) is 1.18. The molecule has 4 rings (SSSR count). The summed E-state index contributed by atoms with van der Waals surface area (Å²) in [4.78, 5) is 23.0. The first-order chi connectivity index (χ1) is 12.4. The largest absolute Gasteiger partial charge is 0.755 e. The van der Waals surface area contributed by atoms with Crippen molar-refractivity contribution in [3.63, 3.8) is 0 Å². The van der Waals surface area contributed by atoms with Gasteiger partial charge in [0.05, 0.1) is 17.4 Å². The SMILES string of the molecule is CN(c1ccc(N2CCC3(O)C(=O)c4ccncc4N=C23)cc1)S(=O)[O-]. The van der Waals surface area contributed by atoms with Crippen LogP contribution in [0, 0.1) is 0 Å². The van der Waals surface area contributed by atoms with Crippen LogP contribution in [-0.2, 0) is 11.3 Å². The summed E-state index contributed by atoms with van der Waals surface area (Å²) < 4.78 is 23.2. The van der Waals surface area contributed by atoms with Crippen molar-refractivity contribution in [3.8, 4) is 0 Å². The Kier molecular flexibility index (Phi) is 3.87. The zero-order chi connectivity index (χ0) is 18.5. The zero-order valence-electron chi connectivity index (χ0n) is 13.8. The zero-order valence-corrected chi connectivity index (χ0v) is 14.6. The van der Waals surface area contributed by atoms with E-state index in [1.807, 2.05) is 0 Å². The first kappa shape index (κ1) is 16.8. The molecule has 0 saturated carbocycles. The molecule has 9 heteroatoms. The lowest BCUT2D eigenvalue weighted by atomic mass is 9.88. The van der Waals surface area contributed by atoms with E-state index in [-0.39, 0.29) is 18.0 Å². The van der Waals surface area contributed by atoms with Crippen LogP contribution >= 0.6 is 0 Å². The standard InChI is InChI=1S/C17H16N4O4S/c1-20(26(24)25)11-2-4-12(5-3-11)21-9-7-17(23)15(22)13-6-8-18-10-14(13)19-16(17)21/h2-6,8,10,23H,7,9H2,1H3,(H,24,25)/p-1. The van der Waals surface area contributed by atoms with Crippen molar-refractivity contribution in [3.05, 3.63) is 48.3 Å². The van der Waals surface area contributed by atoms with Crippen molar-refractivity contribution >= 4 is 39.9 Å². The third-order valence-electron chi connectivity index (χ3n) is 4.72. The highest BCUT2D eigenvalue weighted by Crippen LogP contribution is 2.39. The second-order valence-corrected chi connectivity index (χ2v) is 7.13. The molecule has 0 amide bonds. The van der Waals surface area contributed by atoms with E-state index in [0.29, 0.717) is 29.2 Å². The third-order valence-corrected chi connectivity index (χ3v) is 5.38. The van der Waals surface area contributed by atoms with Crippen LogP contribution in [0.1, 0.15) is 16.8 Å². The van der Waals surface area contributed by atoms with Crippen LogP contribution in [0.25, 0.3) is 0 Å². The highest BCUT2D eigenvalue weighted by Gasteiger charge is 2.52. The summed E-state index contributed by atoms with van der Waals surface area (Å²) >= 11 is -2.36. The average molecular weight is 371 g/mol. The minimum atomic E-state index is -2.36. The van der Waals surface area contributed by atoms with Gasteiger partial charge in [0, 0.05) is 48.9 Å². The minimum absolute atomic E-state index is 0.235. The monoisotopic (exact) mass is 371 g/mol. The normalized spacial score (nSPS) is 22.5. The van der Waals surface area contributed by atoms with Crippen LogP contribution < -0.4 is 9.21 Å². The number of ketones is 1. The highest BCUT2D eigenvalue weighted by molar-refractivity contribution is 7.80. The van der Waals surface area contributed by atoms with Crippen LogP contribution in [0.15, 0.2) is 47.7 Å². The second-order valence-electron chi connectivity index (χ2n) is 6.15. The molecule has 3 heterocycles. The number of aromatic nitrogens is 1. The maximum atomic E-state index is 12.8. The number of hydrogen-bond donors (Lipinski definition) is 1. The number of fused-ring (bicyclic) bond motifs is 2. The Morgan fingerprint density at radius 1 is 1.31 bits per heavy atom. The van der Waals surface area contributed by atoms with Gasteiger partial charge in [-0.1, -0.05) is 0 Å². The van der Waals surface area contributed by atoms with E-state index in [9.17, 15) is 18.7 Å². The van der Waals surface area contributed by atoms with Gasteiger partial charge in [-0.2, -0.15) is 0 Å². The maximum absolute atomic E-state index is 12.8. The number of nitrogens with zero attached hydrogens (tertiary/aromatic N) is 4. The number of Topliss-reactive ketones (excluding diaryl/α,β-unsaturated/α-hetero) is 1. The van der Waals surface area contributed by atoms with Crippen LogP contribution in [0.5, 0.6) is 0 Å². The van der Waals surface area contributed by atoms with Gasteiger partial charge in [0.2, 0.25) is 5.78 Å². The van der Waals surface area contributed by atoms with Crippen LogP contribution in [0.2, 0.25) is 0 Å². The van der Waals surface area contributed by atoms with Gasteiger partial charge < -0.3 is 18.9 Å². The van der Waals surface area contributed by atoms with E-state index >= 15 is 0 Å². The molecule has 0 aliphatic carbocycles. The molecular weight excluding hydrogens is 356 g/mol. The molecule has 1 saturated heterocycles. The van der Waals surface area contributed by atoms with Gasteiger partial charge in [-0.3, -0.25) is 14.0 Å². The number of anilines is 2. The van der Waals surface area contributed by atoms with Gasteiger partial charge in [0.25, 0.3) is 0 Å². The Morgan fingerprint density at radius 2 is 2.04 bits per heavy atom. The van der Waals surface area contributed by atoms with Crippen molar-refractivity contribution < 1.29 is 18.7 Å². The molecule has 2 unspecified atom stereocenters. The third kappa shape index (κ3) is 2.44. The molecule has 1 aromatic carbocycles. The number of benzene rings is 1. The number of aliphatic imine (C=N–C) groups is 1. The fourth-order valence-corrected chi connectivity index (χ4v) is 3.56. The Labute approximate surface area is 152 Å². The summed E-state index contributed by atoms with van der Waals surface area (Å²) in [6, 6.07) is 8.34.